The van der Waals surface area contributed by atoms with Gasteiger partial charge in [0.2, 0.25) is 41.4 Å². The Hall–Kier alpha value is -5.35. The fourth-order valence-electron chi connectivity index (χ4n) is 9.37. The van der Waals surface area contributed by atoms with E-state index in [2.05, 4.69) is 44.1 Å². The van der Waals surface area contributed by atoms with Crippen molar-refractivity contribution in [3.63, 3.8) is 0 Å². The molecule has 0 saturated carbocycles. The Morgan fingerprint density at radius 2 is 1.14 bits per heavy atom. The second-order valence-corrected chi connectivity index (χ2v) is 21.6. The van der Waals surface area contributed by atoms with E-state index in [1.807, 2.05) is 0 Å². The quantitative estimate of drug-likeness (QED) is 0.0319. The van der Waals surface area contributed by atoms with Crippen LogP contribution in [-0.4, -0.2) is 174 Å². The fourth-order valence-corrected chi connectivity index (χ4v) is 9.37. The minimum absolute atomic E-state index is 0.0304. The summed E-state index contributed by atoms with van der Waals surface area (Å²) in [6.07, 6.45) is -2.77. The van der Waals surface area contributed by atoms with Gasteiger partial charge in [0.15, 0.2) is 17.3 Å². The third-order valence-corrected chi connectivity index (χ3v) is 14.2. The number of unbranched alkanes of at least 4 members (excludes halogenated alkanes) is 4. The maximum atomic E-state index is 14.6. The summed E-state index contributed by atoms with van der Waals surface area (Å²) >= 11 is 0. The van der Waals surface area contributed by atoms with Crippen LogP contribution in [-0.2, 0) is 52.7 Å². The van der Waals surface area contributed by atoms with Gasteiger partial charge in [0.05, 0.1) is 48.3 Å². The van der Waals surface area contributed by atoms with E-state index >= 15 is 0 Å². The molecule has 0 radical (unpaired) electrons. The Kier molecular flexibility index (Phi) is 35.6. The van der Waals surface area contributed by atoms with Crippen molar-refractivity contribution in [2.75, 3.05) is 39.3 Å². The maximum Gasteiger partial charge on any atom is 0.245 e. The molecule has 1 aliphatic rings. The van der Waals surface area contributed by atoms with Crippen molar-refractivity contribution < 1.29 is 68.1 Å². The number of hydrogen-bond acceptors (Lipinski definition) is 19. The molecule has 7 amide bonds. The second-order valence-electron chi connectivity index (χ2n) is 21.6. The maximum absolute atomic E-state index is 14.6. The number of nitrogens with two attached hydrogens (primary N) is 5. The van der Waals surface area contributed by atoms with Crippen LogP contribution in [0, 0.1) is 29.6 Å². The SMILES string of the molecule is CCCCCCCC(=O)N[C@@H](CCN)C(=O)C[C@H](C(=O)N[C@@H](CCN)C(=O)C[C@H]1CCNC(=O)[C@H](C(C)O)NC(=O)[C@H](CCN)NC(=O)[C@H](CCN)NC(=O)[C@H](C(C)O)CC(=O)[C@@H](CC(C)C)NC(=O)[C@H](CCN)CC1=O)C(C)O. The molecule has 1 heterocycles. The first-order valence-corrected chi connectivity index (χ1v) is 28.5. The monoisotopic (exact) mass is 1140 g/mol. The summed E-state index contributed by atoms with van der Waals surface area (Å²) in [5.74, 6) is -13.9. The van der Waals surface area contributed by atoms with E-state index in [0.717, 1.165) is 25.7 Å². The molecule has 26 nitrogen and oxygen atoms in total. The van der Waals surface area contributed by atoms with Gasteiger partial charge in [-0.3, -0.25) is 52.7 Å². The van der Waals surface area contributed by atoms with Crippen LogP contribution in [0.1, 0.15) is 151 Å². The van der Waals surface area contributed by atoms with Crippen molar-refractivity contribution in [2.45, 2.75) is 205 Å². The molecule has 0 aromatic rings. The molecule has 1 fully saturated rings. The van der Waals surface area contributed by atoms with Crippen LogP contribution in [0.15, 0.2) is 0 Å². The molecule has 13 atom stereocenters. The third kappa shape index (κ3) is 26.5. The molecule has 0 aromatic heterocycles. The van der Waals surface area contributed by atoms with Crippen molar-refractivity contribution in [2.24, 2.45) is 58.3 Å². The number of ketones is 4. The summed E-state index contributed by atoms with van der Waals surface area (Å²) in [5.41, 5.74) is 29.2. The molecule has 26 heteroatoms. The van der Waals surface area contributed by atoms with Crippen molar-refractivity contribution in [3.05, 3.63) is 0 Å². The first kappa shape index (κ1) is 72.7. The molecule has 80 heavy (non-hydrogen) atoms. The number of amides is 7. The highest BCUT2D eigenvalue weighted by molar-refractivity contribution is 5.99. The van der Waals surface area contributed by atoms with E-state index < -0.39 is 162 Å². The standard InChI is InChI=1S/C54H98N12O14/c1-7-8-9-10-11-12-47(74)61-38(14-20-56)45(72)28-36(31(4)67)50(76)62-39(15-21-57)44(71)26-34-18-24-60-54(80)48(33(6)69)66-53(79)41(17-23-59)64-52(78)40(16-22-58)63-51(77)37(32(5)68)29-46(73)42(25-30(2)3)65-49(75)35(13-19-55)27-43(34)70/h30-42,48,67-69H,7-29,55-59H2,1-6H3,(H,60,80)(H,61,74)(H,62,76)(H,63,77)(H,64,78)(H,65,75)(H,66,79)/t31?,32?,33?,34-,35-,36+,37+,38+,39+,40+,41+,42-,48+/m1/s1. The number of carbonyl (C=O) groups excluding carboxylic acids is 11. The number of carbonyl (C=O) groups is 11. The normalized spacial score (nSPS) is 23.9. The Morgan fingerprint density at radius 3 is 1.66 bits per heavy atom. The Labute approximate surface area is 471 Å². The van der Waals surface area contributed by atoms with Gasteiger partial charge in [-0.25, -0.2) is 0 Å². The third-order valence-electron chi connectivity index (χ3n) is 14.2. The summed E-state index contributed by atoms with van der Waals surface area (Å²) in [4.78, 5) is 153. The molecule has 3 unspecified atom stereocenters. The second kappa shape index (κ2) is 39.1. The van der Waals surface area contributed by atoms with Gasteiger partial charge in [0, 0.05) is 50.5 Å². The van der Waals surface area contributed by atoms with Crippen LogP contribution in [0.4, 0.5) is 0 Å². The van der Waals surface area contributed by atoms with Crippen molar-refractivity contribution in [1.29, 1.82) is 0 Å². The summed E-state index contributed by atoms with van der Waals surface area (Å²) in [6, 6.07) is -8.12. The van der Waals surface area contributed by atoms with E-state index in [-0.39, 0.29) is 102 Å². The number of aliphatic hydroxyl groups excluding tert-OH is 3. The Bertz CT molecular complexity index is 2010. The van der Waals surface area contributed by atoms with Gasteiger partial charge in [-0.05, 0) is 111 Å². The Balaban J connectivity index is 3.80. The van der Waals surface area contributed by atoms with E-state index in [0.29, 0.717) is 6.42 Å². The smallest absolute Gasteiger partial charge is 0.245 e. The van der Waals surface area contributed by atoms with E-state index in [4.69, 9.17) is 28.7 Å². The zero-order valence-electron chi connectivity index (χ0n) is 48.1. The van der Waals surface area contributed by atoms with Crippen molar-refractivity contribution >= 4 is 64.5 Å². The highest BCUT2D eigenvalue weighted by atomic mass is 16.3. The lowest BCUT2D eigenvalue weighted by atomic mass is 9.84. The fraction of sp³-hybridized carbons (Fsp3) is 0.796. The first-order chi connectivity index (χ1) is 37.8. The van der Waals surface area contributed by atoms with Gasteiger partial charge in [-0.15, -0.1) is 0 Å². The number of Topliss-reactive ketones (excluding diaryl/α,β-unsaturated/α-hetero) is 4. The van der Waals surface area contributed by atoms with E-state index in [9.17, 15) is 68.1 Å². The molecule has 1 rings (SSSR count). The summed E-state index contributed by atoms with van der Waals surface area (Å²) in [7, 11) is 0. The van der Waals surface area contributed by atoms with Crippen LogP contribution in [0.2, 0.25) is 0 Å². The summed E-state index contributed by atoms with van der Waals surface area (Å²) < 4.78 is 0. The number of rotatable bonds is 30. The summed E-state index contributed by atoms with van der Waals surface area (Å²) in [6.45, 7) is 8.54. The molecule has 20 N–H and O–H groups in total. The molecule has 1 aliphatic heterocycles. The number of nitrogens with one attached hydrogen (secondary N) is 7. The van der Waals surface area contributed by atoms with Crippen LogP contribution in [0.5, 0.6) is 0 Å². The van der Waals surface area contributed by atoms with Crippen molar-refractivity contribution in [3.8, 4) is 0 Å². The van der Waals surface area contributed by atoms with E-state index in [1.165, 1.54) is 20.8 Å². The minimum Gasteiger partial charge on any atom is -0.393 e. The molecular weight excluding hydrogens is 1040 g/mol. The van der Waals surface area contributed by atoms with Gasteiger partial charge >= 0.3 is 0 Å². The Morgan fingerprint density at radius 1 is 0.588 bits per heavy atom. The molecule has 1 saturated heterocycles. The van der Waals surface area contributed by atoms with Crippen LogP contribution in [0.25, 0.3) is 0 Å². The van der Waals surface area contributed by atoms with Crippen molar-refractivity contribution in [1.82, 2.24) is 37.2 Å². The lowest BCUT2D eigenvalue weighted by Crippen LogP contribution is -2.59. The van der Waals surface area contributed by atoms with E-state index in [1.54, 1.807) is 13.8 Å². The van der Waals surface area contributed by atoms with Crippen LogP contribution < -0.4 is 65.9 Å². The van der Waals surface area contributed by atoms with Crippen LogP contribution >= 0.6 is 0 Å². The lowest BCUT2D eigenvalue weighted by molar-refractivity contribution is -0.138. The zero-order valence-corrected chi connectivity index (χ0v) is 48.1. The first-order valence-electron chi connectivity index (χ1n) is 28.5. The number of hydrogen-bond donors (Lipinski definition) is 15. The number of aliphatic hydroxyl groups is 3. The summed E-state index contributed by atoms with van der Waals surface area (Å²) in [5, 5.41) is 50.3. The van der Waals surface area contributed by atoms with Gasteiger partial charge in [-0.1, -0.05) is 46.5 Å². The topological polar surface area (TPSA) is 463 Å². The van der Waals surface area contributed by atoms with Crippen LogP contribution in [0.3, 0.4) is 0 Å². The largest absolute Gasteiger partial charge is 0.393 e. The predicted octanol–water partition coefficient (Wildman–Crippen LogP) is -2.99. The highest BCUT2D eigenvalue weighted by Crippen LogP contribution is 2.23. The predicted molar refractivity (Wildman–Crippen MR) is 298 cm³/mol. The van der Waals surface area contributed by atoms with Gasteiger partial charge in [0.25, 0.3) is 0 Å². The molecular formula is C54H98N12O14. The molecule has 0 aromatic carbocycles. The highest BCUT2D eigenvalue weighted by Gasteiger charge is 2.38. The van der Waals surface area contributed by atoms with Gasteiger partial charge < -0.3 is 81.2 Å². The molecule has 0 spiro atoms. The average Bonchev–Trinajstić information content (AvgIpc) is 3.38. The van der Waals surface area contributed by atoms with Gasteiger partial charge in [-0.2, -0.15) is 0 Å². The minimum atomic E-state index is -1.66. The molecule has 0 bridgehead atoms. The zero-order chi connectivity index (χ0) is 60.6. The average molecular weight is 1140 g/mol. The lowest BCUT2D eigenvalue weighted by Gasteiger charge is -2.28. The van der Waals surface area contributed by atoms with Gasteiger partial charge in [0.1, 0.15) is 23.9 Å². The molecule has 0 aliphatic carbocycles. The molecule has 458 valence electrons.